The highest BCUT2D eigenvalue weighted by molar-refractivity contribution is 7.13. The van der Waals surface area contributed by atoms with Crippen molar-refractivity contribution in [1.29, 1.82) is 0 Å². The number of hydrogen-bond acceptors (Lipinski definition) is 6. The zero-order chi connectivity index (χ0) is 18.4. The summed E-state index contributed by atoms with van der Waals surface area (Å²) in [5.74, 6) is -0.815. The molecule has 1 atom stereocenters. The fourth-order valence-electron chi connectivity index (χ4n) is 2.40. The Hall–Kier alpha value is -2.45. The van der Waals surface area contributed by atoms with Crippen molar-refractivity contribution in [3.8, 4) is 5.75 Å². The number of aromatic nitrogens is 1. The van der Waals surface area contributed by atoms with E-state index in [0.717, 1.165) is 0 Å². The molecule has 2 aromatic rings. The summed E-state index contributed by atoms with van der Waals surface area (Å²) in [6, 6.07) is 6.98. The number of methoxy groups -OCH3 is 2. The molecule has 25 heavy (non-hydrogen) atoms. The fourth-order valence-corrected chi connectivity index (χ4v) is 3.19. The van der Waals surface area contributed by atoms with Crippen LogP contribution in [0.15, 0.2) is 30.5 Å². The molecule has 8 heteroatoms. The van der Waals surface area contributed by atoms with Gasteiger partial charge in [0.05, 0.1) is 31.9 Å². The van der Waals surface area contributed by atoms with Crippen LogP contribution in [-0.4, -0.2) is 36.2 Å². The molecule has 2 N–H and O–H groups in total. The van der Waals surface area contributed by atoms with Crippen LogP contribution >= 0.6 is 11.3 Å². The number of nitrogens with zero attached hydrogens (tertiary/aromatic N) is 1. The van der Waals surface area contributed by atoms with Crippen LogP contribution in [-0.2, 0) is 21.7 Å². The van der Waals surface area contributed by atoms with Crippen LogP contribution < -0.4 is 10.1 Å². The van der Waals surface area contributed by atoms with Crippen molar-refractivity contribution in [2.75, 3.05) is 14.2 Å². The average Bonchev–Trinajstić information content (AvgIpc) is 3.03. The highest BCUT2D eigenvalue weighted by Gasteiger charge is 2.32. The number of ether oxygens (including phenoxy) is 2. The highest BCUT2D eigenvalue weighted by atomic mass is 32.1. The van der Waals surface area contributed by atoms with E-state index in [0.29, 0.717) is 27.8 Å². The van der Waals surface area contributed by atoms with Crippen LogP contribution in [0.3, 0.4) is 0 Å². The molecule has 0 bridgehead atoms. The lowest BCUT2D eigenvalue weighted by atomic mass is 9.88. The predicted octanol–water partition coefficient (Wildman–Crippen LogP) is 2.42. The quantitative estimate of drug-likeness (QED) is 0.746. The summed E-state index contributed by atoms with van der Waals surface area (Å²) in [6.45, 7) is 1.99. The predicted molar refractivity (Wildman–Crippen MR) is 92.9 cm³/mol. The number of aliphatic carboxylic acids is 1. The van der Waals surface area contributed by atoms with Gasteiger partial charge in [0.2, 0.25) is 0 Å². The third kappa shape index (κ3) is 4.77. The molecule has 7 nitrogen and oxygen atoms in total. The Morgan fingerprint density at radius 3 is 2.76 bits per heavy atom. The topological polar surface area (TPSA) is 97.8 Å². The van der Waals surface area contributed by atoms with E-state index < -0.39 is 11.5 Å². The third-order valence-corrected chi connectivity index (χ3v) is 4.62. The van der Waals surface area contributed by atoms with E-state index in [-0.39, 0.29) is 12.3 Å². The van der Waals surface area contributed by atoms with Gasteiger partial charge < -0.3 is 19.9 Å². The molecule has 0 saturated carbocycles. The summed E-state index contributed by atoms with van der Waals surface area (Å²) in [4.78, 5) is 28.4. The van der Waals surface area contributed by atoms with Gasteiger partial charge in [-0.15, -0.1) is 11.3 Å². The molecule has 1 aromatic carbocycles. The van der Waals surface area contributed by atoms with Gasteiger partial charge in [-0.2, -0.15) is 0 Å². The molecule has 1 heterocycles. The largest absolute Gasteiger partial charge is 0.497 e. The molecule has 2 rings (SSSR count). The molecule has 1 unspecified atom stereocenters. The summed E-state index contributed by atoms with van der Waals surface area (Å²) in [7, 11) is 3.08. The zero-order valence-corrected chi connectivity index (χ0v) is 15.1. The molecular formula is C17H20N2O5S. The summed E-state index contributed by atoms with van der Waals surface area (Å²) >= 11 is 1.21. The molecule has 1 amide bonds. The summed E-state index contributed by atoms with van der Waals surface area (Å²) in [5.41, 5.74) is -0.452. The fraction of sp³-hybridized carbons (Fsp3) is 0.353. The second-order valence-corrected chi connectivity index (χ2v) is 6.76. The number of thiazole rings is 1. The Kier molecular flexibility index (Phi) is 6.11. The number of carbonyl (C=O) groups is 2. The minimum atomic E-state index is -1.09. The van der Waals surface area contributed by atoms with Crippen LogP contribution in [0.5, 0.6) is 5.75 Å². The van der Waals surface area contributed by atoms with Crippen LogP contribution in [0.1, 0.15) is 33.6 Å². The normalized spacial score (nSPS) is 13.1. The van der Waals surface area contributed by atoms with Gasteiger partial charge in [0.1, 0.15) is 15.6 Å². The van der Waals surface area contributed by atoms with Gasteiger partial charge in [-0.1, -0.05) is 12.1 Å². The number of amides is 1. The van der Waals surface area contributed by atoms with Crippen molar-refractivity contribution in [3.05, 3.63) is 45.9 Å². The molecule has 0 saturated heterocycles. The number of nitrogens with one attached hydrogen (secondary N) is 1. The summed E-state index contributed by atoms with van der Waals surface area (Å²) < 4.78 is 10.2. The van der Waals surface area contributed by atoms with Crippen molar-refractivity contribution >= 4 is 23.2 Å². The van der Waals surface area contributed by atoms with E-state index in [9.17, 15) is 14.7 Å². The number of benzene rings is 1. The van der Waals surface area contributed by atoms with Gasteiger partial charge in [-0.05, 0) is 24.6 Å². The minimum Gasteiger partial charge on any atom is -0.497 e. The molecule has 0 spiro atoms. The maximum Gasteiger partial charge on any atom is 0.306 e. The van der Waals surface area contributed by atoms with Gasteiger partial charge in [0.15, 0.2) is 0 Å². The second-order valence-electron chi connectivity index (χ2n) is 5.64. The van der Waals surface area contributed by atoms with Gasteiger partial charge in [0, 0.05) is 7.11 Å². The maximum absolute atomic E-state index is 12.6. The van der Waals surface area contributed by atoms with Crippen molar-refractivity contribution in [1.82, 2.24) is 10.3 Å². The first-order valence-electron chi connectivity index (χ1n) is 7.50. The molecule has 0 aliphatic rings. The minimum absolute atomic E-state index is 0.268. The van der Waals surface area contributed by atoms with Crippen molar-refractivity contribution in [3.63, 3.8) is 0 Å². The SMILES string of the molecule is COCc1ncc(C(=O)NC(C)(CC(=O)O)c2cccc(OC)c2)s1. The first-order chi connectivity index (χ1) is 11.9. The lowest BCUT2D eigenvalue weighted by Gasteiger charge is -2.30. The number of rotatable bonds is 8. The molecular weight excluding hydrogens is 344 g/mol. The lowest BCUT2D eigenvalue weighted by Crippen LogP contribution is -2.44. The van der Waals surface area contributed by atoms with E-state index in [2.05, 4.69) is 10.3 Å². The first-order valence-corrected chi connectivity index (χ1v) is 8.32. The molecule has 0 radical (unpaired) electrons. The number of carboxylic acid groups (broad SMARTS) is 1. The standard InChI is InChI=1S/C17H20N2O5S/c1-17(8-15(20)21,11-5-4-6-12(7-11)24-3)19-16(22)13-9-18-14(25-13)10-23-2/h4-7,9H,8,10H2,1-3H3,(H,19,22)(H,20,21). The highest BCUT2D eigenvalue weighted by Crippen LogP contribution is 2.29. The van der Waals surface area contributed by atoms with Gasteiger partial charge in [0.25, 0.3) is 5.91 Å². The molecule has 0 aliphatic heterocycles. The monoisotopic (exact) mass is 364 g/mol. The van der Waals surface area contributed by atoms with E-state index >= 15 is 0 Å². The van der Waals surface area contributed by atoms with Gasteiger partial charge >= 0.3 is 5.97 Å². The number of hydrogen-bond donors (Lipinski definition) is 2. The first kappa shape index (κ1) is 18.9. The summed E-state index contributed by atoms with van der Waals surface area (Å²) in [6.07, 6.45) is 1.19. The van der Waals surface area contributed by atoms with Crippen LogP contribution in [0, 0.1) is 0 Å². The maximum atomic E-state index is 12.6. The Balaban J connectivity index is 2.29. The lowest BCUT2D eigenvalue weighted by molar-refractivity contribution is -0.138. The number of carbonyl (C=O) groups excluding carboxylic acids is 1. The third-order valence-electron chi connectivity index (χ3n) is 3.65. The number of carboxylic acids is 1. The Labute approximate surface area is 149 Å². The van der Waals surface area contributed by atoms with Crippen molar-refractivity contribution in [2.45, 2.75) is 25.5 Å². The van der Waals surface area contributed by atoms with Crippen molar-refractivity contribution < 1.29 is 24.2 Å². The smallest absolute Gasteiger partial charge is 0.306 e. The summed E-state index contributed by atoms with van der Waals surface area (Å²) in [5, 5.41) is 12.8. The van der Waals surface area contributed by atoms with Gasteiger partial charge in [-0.3, -0.25) is 9.59 Å². The van der Waals surface area contributed by atoms with Crippen LogP contribution in [0.2, 0.25) is 0 Å². The average molecular weight is 364 g/mol. The van der Waals surface area contributed by atoms with Crippen molar-refractivity contribution in [2.24, 2.45) is 0 Å². The Morgan fingerprint density at radius 2 is 2.12 bits per heavy atom. The van der Waals surface area contributed by atoms with Crippen LogP contribution in [0.25, 0.3) is 0 Å². The Morgan fingerprint density at radius 1 is 1.36 bits per heavy atom. The molecule has 134 valence electrons. The molecule has 1 aromatic heterocycles. The van der Waals surface area contributed by atoms with E-state index in [4.69, 9.17) is 9.47 Å². The zero-order valence-electron chi connectivity index (χ0n) is 14.2. The van der Waals surface area contributed by atoms with E-state index in [1.54, 1.807) is 38.3 Å². The molecule has 0 aliphatic carbocycles. The van der Waals surface area contributed by atoms with E-state index in [1.165, 1.54) is 24.6 Å². The van der Waals surface area contributed by atoms with Crippen LogP contribution in [0.4, 0.5) is 0 Å². The van der Waals surface area contributed by atoms with Gasteiger partial charge in [-0.25, -0.2) is 4.98 Å². The molecule has 0 fully saturated rings. The van der Waals surface area contributed by atoms with E-state index in [1.807, 2.05) is 0 Å². The Bertz CT molecular complexity index is 761. The second kappa shape index (κ2) is 8.09.